The molecule has 1 aromatic carbocycles. The van der Waals surface area contributed by atoms with Gasteiger partial charge >= 0.3 is 0 Å². The van der Waals surface area contributed by atoms with E-state index in [1.54, 1.807) is 11.3 Å². The fraction of sp³-hybridized carbons (Fsp3) is 0.542. The Morgan fingerprint density at radius 2 is 2.03 bits per heavy atom. The fourth-order valence-corrected chi connectivity index (χ4v) is 6.09. The third-order valence-corrected chi connectivity index (χ3v) is 7.83. The fourth-order valence-electron chi connectivity index (χ4n) is 5.06. The van der Waals surface area contributed by atoms with E-state index in [9.17, 15) is 4.79 Å². The van der Waals surface area contributed by atoms with Crippen LogP contribution in [0.5, 0.6) is 0 Å². The minimum Gasteiger partial charge on any atom is -0.337 e. The summed E-state index contributed by atoms with van der Waals surface area (Å²) in [4.78, 5) is 22.5. The summed E-state index contributed by atoms with van der Waals surface area (Å²) in [5.74, 6) is 0.137. The number of likely N-dealkylation sites (tertiary alicyclic amines) is 1. The lowest BCUT2D eigenvalue weighted by Gasteiger charge is -2.31. The normalized spacial score (nSPS) is 19.2. The highest BCUT2D eigenvalue weighted by molar-refractivity contribution is 7.18. The summed E-state index contributed by atoms with van der Waals surface area (Å²) >= 11 is 1.78. The van der Waals surface area contributed by atoms with Crippen molar-refractivity contribution in [2.75, 3.05) is 20.1 Å². The molecule has 5 rings (SSSR count). The molecule has 0 bridgehead atoms. The molecule has 0 radical (unpaired) electrons. The average molecular weight is 438 g/mol. The number of thiazole rings is 1. The van der Waals surface area contributed by atoms with Crippen LogP contribution in [-0.2, 0) is 25.9 Å². The highest BCUT2D eigenvalue weighted by Gasteiger charge is 2.32. The molecule has 0 saturated carbocycles. The monoisotopic (exact) mass is 437 g/mol. The van der Waals surface area contributed by atoms with E-state index >= 15 is 0 Å². The first-order chi connectivity index (χ1) is 15.1. The molecule has 1 amide bonds. The van der Waals surface area contributed by atoms with Crippen molar-refractivity contribution in [3.05, 3.63) is 46.2 Å². The molecule has 3 heterocycles. The Morgan fingerprint density at radius 1 is 1.23 bits per heavy atom. The molecule has 2 aliphatic rings. The number of piperidine rings is 1. The van der Waals surface area contributed by atoms with Crippen molar-refractivity contribution in [3.8, 4) is 0 Å². The number of nitrogens with zero attached hydrogens (tertiary/aromatic N) is 5. The Balaban J connectivity index is 1.35. The van der Waals surface area contributed by atoms with Crippen molar-refractivity contribution in [2.24, 2.45) is 0 Å². The summed E-state index contributed by atoms with van der Waals surface area (Å²) in [5.41, 5.74) is 4.25. The molecule has 7 heteroatoms. The lowest BCUT2D eigenvalue weighted by molar-refractivity contribution is 0.0715. The van der Waals surface area contributed by atoms with E-state index in [2.05, 4.69) is 41.8 Å². The van der Waals surface area contributed by atoms with Gasteiger partial charge in [0.05, 0.1) is 16.8 Å². The Labute approximate surface area is 187 Å². The third kappa shape index (κ3) is 4.01. The largest absolute Gasteiger partial charge is 0.337 e. The number of amides is 1. The number of carbonyl (C=O) groups is 1. The van der Waals surface area contributed by atoms with E-state index < -0.39 is 0 Å². The predicted molar refractivity (Wildman–Crippen MR) is 125 cm³/mol. The summed E-state index contributed by atoms with van der Waals surface area (Å²) in [6.07, 6.45) is 6.41. The molecule has 0 spiro atoms. The summed E-state index contributed by atoms with van der Waals surface area (Å²) in [5, 5.41) is 5.94. The quantitative estimate of drug-likeness (QED) is 0.602. The Bertz CT molecular complexity index is 1050. The van der Waals surface area contributed by atoms with E-state index in [4.69, 9.17) is 10.1 Å². The minimum atomic E-state index is 0.137. The Hall–Kier alpha value is -2.25. The van der Waals surface area contributed by atoms with Gasteiger partial charge in [-0.25, -0.2) is 4.98 Å². The molecule has 164 valence electrons. The number of para-hydroxylation sites is 1. The molecule has 1 saturated heterocycles. The van der Waals surface area contributed by atoms with Gasteiger partial charge in [-0.3, -0.25) is 14.4 Å². The van der Waals surface area contributed by atoms with Crippen molar-refractivity contribution >= 4 is 27.5 Å². The van der Waals surface area contributed by atoms with E-state index in [1.807, 2.05) is 11.0 Å². The van der Waals surface area contributed by atoms with E-state index in [0.29, 0.717) is 11.7 Å². The first-order valence-electron chi connectivity index (χ1n) is 11.6. The maximum atomic E-state index is 13.3. The van der Waals surface area contributed by atoms with Crippen LogP contribution in [0.1, 0.15) is 59.4 Å². The number of fused-ring (bicyclic) bond motifs is 2. The van der Waals surface area contributed by atoms with Crippen LogP contribution in [0, 0.1) is 0 Å². The van der Waals surface area contributed by atoms with Gasteiger partial charge < -0.3 is 4.90 Å². The highest BCUT2D eigenvalue weighted by Crippen LogP contribution is 2.30. The van der Waals surface area contributed by atoms with E-state index in [-0.39, 0.29) is 5.91 Å². The molecule has 1 aliphatic heterocycles. The van der Waals surface area contributed by atoms with Crippen molar-refractivity contribution < 1.29 is 4.79 Å². The summed E-state index contributed by atoms with van der Waals surface area (Å²) in [6, 6.07) is 8.75. The van der Waals surface area contributed by atoms with Gasteiger partial charge in [-0.2, -0.15) is 5.10 Å². The van der Waals surface area contributed by atoms with Gasteiger partial charge in [0.2, 0.25) is 0 Å². The van der Waals surface area contributed by atoms with E-state index in [0.717, 1.165) is 68.8 Å². The lowest BCUT2D eigenvalue weighted by Crippen LogP contribution is -2.38. The number of aryl methyl sites for hydroxylation is 1. The number of hydrogen-bond donors (Lipinski definition) is 0. The Morgan fingerprint density at radius 3 is 2.81 bits per heavy atom. The number of hydrogen-bond acceptors (Lipinski definition) is 5. The molecule has 1 atom stereocenters. The molecule has 1 aliphatic carbocycles. The number of likely N-dealkylation sites (N-methyl/N-ethyl adjacent to an activating group) is 1. The molecule has 1 fully saturated rings. The van der Waals surface area contributed by atoms with Crippen LogP contribution in [0.15, 0.2) is 24.3 Å². The van der Waals surface area contributed by atoms with Crippen LogP contribution in [-0.4, -0.2) is 56.7 Å². The maximum absolute atomic E-state index is 13.3. The van der Waals surface area contributed by atoms with Crippen LogP contribution in [0.3, 0.4) is 0 Å². The first-order valence-corrected chi connectivity index (χ1v) is 12.4. The van der Waals surface area contributed by atoms with Crippen molar-refractivity contribution in [2.45, 2.75) is 64.6 Å². The number of carbonyl (C=O) groups excluding carboxylic acids is 1. The zero-order valence-electron chi connectivity index (χ0n) is 18.5. The van der Waals surface area contributed by atoms with Gasteiger partial charge in [0.25, 0.3) is 5.91 Å². The van der Waals surface area contributed by atoms with Crippen molar-refractivity contribution in [1.29, 1.82) is 0 Å². The van der Waals surface area contributed by atoms with Gasteiger partial charge in [-0.15, -0.1) is 11.3 Å². The highest BCUT2D eigenvalue weighted by atomic mass is 32.1. The van der Waals surface area contributed by atoms with E-state index in [1.165, 1.54) is 22.4 Å². The summed E-state index contributed by atoms with van der Waals surface area (Å²) < 4.78 is 3.31. The van der Waals surface area contributed by atoms with Crippen molar-refractivity contribution in [3.63, 3.8) is 0 Å². The molecule has 31 heavy (non-hydrogen) atoms. The second-order valence-electron chi connectivity index (χ2n) is 8.83. The topological polar surface area (TPSA) is 54.3 Å². The smallest absolute Gasteiger partial charge is 0.274 e. The molecule has 1 unspecified atom stereocenters. The van der Waals surface area contributed by atoms with Gasteiger partial charge in [0.1, 0.15) is 5.01 Å². The second-order valence-corrected chi connectivity index (χ2v) is 9.94. The van der Waals surface area contributed by atoms with Crippen LogP contribution in [0.4, 0.5) is 0 Å². The SMILES string of the molecule is CCn1nc(C(=O)N2CCCCC2)c2c1CCC(N(C)Cc1nc3ccccc3s1)C2. The number of rotatable bonds is 5. The van der Waals surface area contributed by atoms with Gasteiger partial charge in [-0.1, -0.05) is 12.1 Å². The van der Waals surface area contributed by atoms with Crippen molar-refractivity contribution in [1.82, 2.24) is 24.6 Å². The molecule has 3 aromatic rings. The minimum absolute atomic E-state index is 0.137. The molecular formula is C24H31N5OS. The molecule has 2 aromatic heterocycles. The second kappa shape index (κ2) is 8.71. The molecule has 6 nitrogen and oxygen atoms in total. The predicted octanol–water partition coefficient (Wildman–Crippen LogP) is 4.13. The van der Waals surface area contributed by atoms with Crippen LogP contribution >= 0.6 is 11.3 Å². The van der Waals surface area contributed by atoms with Gasteiger partial charge in [-0.05, 0) is 64.6 Å². The van der Waals surface area contributed by atoms with Gasteiger partial charge in [0.15, 0.2) is 5.69 Å². The van der Waals surface area contributed by atoms with Crippen LogP contribution in [0.25, 0.3) is 10.2 Å². The van der Waals surface area contributed by atoms with Crippen LogP contribution < -0.4 is 0 Å². The standard InChI is InChI=1S/C24H31N5OS/c1-3-29-20-12-11-17(27(2)16-22-25-19-9-5-6-10-21(19)31-22)15-18(20)23(26-29)24(30)28-13-7-4-8-14-28/h5-6,9-10,17H,3-4,7-8,11-16H2,1-2H3. The lowest BCUT2D eigenvalue weighted by atomic mass is 9.90. The first kappa shape index (κ1) is 20.6. The summed E-state index contributed by atoms with van der Waals surface area (Å²) in [7, 11) is 2.19. The molecular weight excluding hydrogens is 406 g/mol. The zero-order valence-corrected chi connectivity index (χ0v) is 19.3. The van der Waals surface area contributed by atoms with Gasteiger partial charge in [0, 0.05) is 36.9 Å². The Kier molecular flexibility index (Phi) is 5.80. The number of aromatic nitrogens is 3. The molecule has 0 N–H and O–H groups in total. The average Bonchev–Trinajstić information content (AvgIpc) is 3.39. The third-order valence-electron chi connectivity index (χ3n) is 6.81. The maximum Gasteiger partial charge on any atom is 0.274 e. The zero-order chi connectivity index (χ0) is 21.4. The number of benzene rings is 1. The summed E-state index contributed by atoms with van der Waals surface area (Å²) in [6.45, 7) is 5.52. The van der Waals surface area contributed by atoms with Crippen LogP contribution in [0.2, 0.25) is 0 Å².